The van der Waals surface area contributed by atoms with Crippen molar-refractivity contribution in [2.45, 2.75) is 51.2 Å². The molecule has 9 nitrogen and oxygen atoms in total. The monoisotopic (exact) mass is 597 g/mol. The Bertz CT molecular complexity index is 1650. The van der Waals surface area contributed by atoms with Crippen LogP contribution in [0.15, 0.2) is 72.9 Å². The summed E-state index contributed by atoms with van der Waals surface area (Å²) in [6.45, 7) is 2.46. The molecule has 10 heteroatoms. The molecule has 0 unspecified atom stereocenters. The van der Waals surface area contributed by atoms with E-state index in [-0.39, 0.29) is 35.2 Å². The number of aromatic nitrogens is 2. The maximum absolute atomic E-state index is 14.3. The van der Waals surface area contributed by atoms with E-state index >= 15 is 0 Å². The van der Waals surface area contributed by atoms with E-state index in [0.29, 0.717) is 43.7 Å². The second-order valence-corrected chi connectivity index (χ2v) is 11.4. The van der Waals surface area contributed by atoms with E-state index in [4.69, 9.17) is 4.74 Å². The molecule has 0 aliphatic heterocycles. The number of benzene rings is 2. The molecule has 2 heterocycles. The molecule has 0 atom stereocenters. The maximum Gasteiger partial charge on any atom is 0.270 e. The molecule has 0 bridgehead atoms. The molecule has 44 heavy (non-hydrogen) atoms. The Kier molecular flexibility index (Phi) is 9.50. The van der Waals surface area contributed by atoms with Crippen molar-refractivity contribution >= 4 is 11.8 Å². The summed E-state index contributed by atoms with van der Waals surface area (Å²) in [5, 5.41) is 16.1. The van der Waals surface area contributed by atoms with Gasteiger partial charge >= 0.3 is 0 Å². The van der Waals surface area contributed by atoms with E-state index in [1.165, 1.54) is 0 Å². The van der Waals surface area contributed by atoms with Gasteiger partial charge < -0.3 is 25.4 Å². The predicted molar refractivity (Wildman–Crippen MR) is 165 cm³/mol. The molecular formula is C34H36FN5O4. The third-order valence-electron chi connectivity index (χ3n) is 7.52. The zero-order valence-electron chi connectivity index (χ0n) is 25.0. The van der Waals surface area contributed by atoms with Crippen LogP contribution in [0.4, 0.5) is 4.39 Å². The maximum atomic E-state index is 14.3. The minimum Gasteiger partial charge on any atom is -0.508 e. The molecule has 2 amide bonds. The van der Waals surface area contributed by atoms with Crippen molar-refractivity contribution in [3.05, 3.63) is 101 Å². The van der Waals surface area contributed by atoms with E-state index in [9.17, 15) is 19.1 Å². The summed E-state index contributed by atoms with van der Waals surface area (Å²) in [4.78, 5) is 36.3. The minimum absolute atomic E-state index is 0.00530. The standard InChI is InChI=1S/C34H36FN5O4/c1-21-6-4-9-31(37-21)33(43)39-26-12-10-25(11-13-26)38-32(42)30-18-24(35)19-36-34(30)44-28-8-5-7-22(17-28)29-15-14-27(41)16-23(29)20-40(2)3/h4-9,14-19,25-26,41H,10-13,20H2,1-3H3,(H,38,42)(H,39,43). The highest BCUT2D eigenvalue weighted by atomic mass is 19.1. The molecule has 1 fully saturated rings. The summed E-state index contributed by atoms with van der Waals surface area (Å²) < 4.78 is 20.3. The van der Waals surface area contributed by atoms with Crippen LogP contribution in [0.5, 0.6) is 17.4 Å². The van der Waals surface area contributed by atoms with Crippen LogP contribution in [0, 0.1) is 12.7 Å². The molecule has 0 spiro atoms. The molecule has 1 aliphatic carbocycles. The molecule has 1 aliphatic rings. The van der Waals surface area contributed by atoms with Crippen LogP contribution in [-0.4, -0.2) is 58.0 Å². The van der Waals surface area contributed by atoms with Gasteiger partial charge in [-0.25, -0.2) is 14.4 Å². The van der Waals surface area contributed by atoms with E-state index < -0.39 is 11.7 Å². The van der Waals surface area contributed by atoms with Crippen molar-refractivity contribution < 1.29 is 23.8 Å². The highest BCUT2D eigenvalue weighted by molar-refractivity contribution is 5.96. The van der Waals surface area contributed by atoms with Crippen molar-refractivity contribution in [2.75, 3.05) is 14.1 Å². The number of aromatic hydroxyl groups is 1. The molecule has 228 valence electrons. The van der Waals surface area contributed by atoms with Crippen LogP contribution in [0.2, 0.25) is 0 Å². The van der Waals surface area contributed by atoms with Crippen LogP contribution < -0.4 is 15.4 Å². The lowest BCUT2D eigenvalue weighted by Gasteiger charge is -2.29. The average molecular weight is 598 g/mol. The smallest absolute Gasteiger partial charge is 0.270 e. The third kappa shape index (κ3) is 7.76. The first kappa shape index (κ1) is 30.6. The van der Waals surface area contributed by atoms with Crippen LogP contribution in [-0.2, 0) is 6.54 Å². The molecule has 1 saturated carbocycles. The lowest BCUT2D eigenvalue weighted by molar-refractivity contribution is 0.0887. The Morgan fingerprint density at radius 3 is 2.36 bits per heavy atom. The number of phenolic OH excluding ortho intramolecular Hbond substituents is 1. The normalized spacial score (nSPS) is 16.4. The number of carbonyl (C=O) groups excluding carboxylic acids is 2. The van der Waals surface area contributed by atoms with Crippen molar-refractivity contribution in [3.63, 3.8) is 0 Å². The number of nitrogens with one attached hydrogen (secondary N) is 2. The first-order valence-electron chi connectivity index (χ1n) is 14.6. The summed E-state index contributed by atoms with van der Waals surface area (Å²) in [6.07, 6.45) is 3.70. The lowest BCUT2D eigenvalue weighted by atomic mass is 9.91. The molecule has 3 N–H and O–H groups in total. The van der Waals surface area contributed by atoms with Gasteiger partial charge in [0.1, 0.15) is 28.6 Å². The SMILES string of the molecule is Cc1cccc(C(=O)NC2CCC(NC(=O)c3cc(F)cnc3Oc3cccc(-c4ccc(O)cc4CN(C)C)c3)CC2)n1. The second-order valence-electron chi connectivity index (χ2n) is 11.4. The molecule has 2 aromatic carbocycles. The Hall–Kier alpha value is -4.83. The van der Waals surface area contributed by atoms with Gasteiger partial charge in [-0.05, 0) is 106 Å². The van der Waals surface area contributed by atoms with Gasteiger partial charge in [-0.2, -0.15) is 0 Å². The van der Waals surface area contributed by atoms with Gasteiger partial charge in [-0.1, -0.05) is 24.3 Å². The molecule has 5 rings (SSSR count). The number of amides is 2. The number of pyridine rings is 2. The highest BCUT2D eigenvalue weighted by Gasteiger charge is 2.26. The van der Waals surface area contributed by atoms with Crippen molar-refractivity contribution in [1.29, 1.82) is 0 Å². The first-order chi connectivity index (χ1) is 21.1. The van der Waals surface area contributed by atoms with Gasteiger partial charge in [-0.15, -0.1) is 0 Å². The third-order valence-corrected chi connectivity index (χ3v) is 7.52. The number of rotatable bonds is 9. The zero-order chi connectivity index (χ0) is 31.2. The van der Waals surface area contributed by atoms with Crippen molar-refractivity contribution in [1.82, 2.24) is 25.5 Å². The van der Waals surface area contributed by atoms with Gasteiger partial charge in [0.25, 0.3) is 11.8 Å². The minimum atomic E-state index is -0.648. The number of halogens is 1. The van der Waals surface area contributed by atoms with Gasteiger partial charge in [0.15, 0.2) is 0 Å². The zero-order valence-corrected chi connectivity index (χ0v) is 25.0. The number of carbonyl (C=O) groups is 2. The predicted octanol–water partition coefficient (Wildman–Crippen LogP) is 5.62. The van der Waals surface area contributed by atoms with E-state index in [1.54, 1.807) is 30.3 Å². The van der Waals surface area contributed by atoms with Crippen molar-refractivity contribution in [3.8, 4) is 28.5 Å². The molecule has 4 aromatic rings. The van der Waals surface area contributed by atoms with Gasteiger partial charge in [0.05, 0.1) is 6.20 Å². The summed E-state index contributed by atoms with van der Waals surface area (Å²) in [5.74, 6) is -0.735. The Morgan fingerprint density at radius 1 is 0.955 bits per heavy atom. The van der Waals surface area contributed by atoms with Gasteiger partial charge in [-0.3, -0.25) is 9.59 Å². The van der Waals surface area contributed by atoms with Crippen LogP contribution in [0.3, 0.4) is 0 Å². The van der Waals surface area contributed by atoms with Crippen LogP contribution in [0.25, 0.3) is 11.1 Å². The largest absolute Gasteiger partial charge is 0.508 e. The molecular weight excluding hydrogens is 561 g/mol. The quantitative estimate of drug-likeness (QED) is 0.229. The average Bonchev–Trinajstić information content (AvgIpc) is 2.99. The lowest BCUT2D eigenvalue weighted by Crippen LogP contribution is -2.44. The summed E-state index contributed by atoms with van der Waals surface area (Å²) >= 11 is 0. The fourth-order valence-corrected chi connectivity index (χ4v) is 5.42. The number of aryl methyl sites for hydroxylation is 1. The van der Waals surface area contributed by atoms with Gasteiger partial charge in [0.2, 0.25) is 5.88 Å². The van der Waals surface area contributed by atoms with E-state index in [0.717, 1.165) is 34.6 Å². The summed E-state index contributed by atoms with van der Waals surface area (Å²) in [7, 11) is 3.90. The van der Waals surface area contributed by atoms with Crippen LogP contribution >= 0.6 is 0 Å². The van der Waals surface area contributed by atoms with E-state index in [2.05, 4.69) is 20.6 Å². The molecule has 0 saturated heterocycles. The van der Waals surface area contributed by atoms with Gasteiger partial charge in [0, 0.05) is 24.3 Å². The second kappa shape index (κ2) is 13.6. The molecule has 2 aromatic heterocycles. The Labute approximate surface area is 256 Å². The Morgan fingerprint density at radius 2 is 1.66 bits per heavy atom. The number of nitrogens with zero attached hydrogens (tertiary/aromatic N) is 3. The fraction of sp³-hybridized carbons (Fsp3) is 0.294. The number of ether oxygens (including phenoxy) is 1. The van der Waals surface area contributed by atoms with Crippen molar-refractivity contribution in [2.24, 2.45) is 0 Å². The summed E-state index contributed by atoms with van der Waals surface area (Å²) in [5.41, 5.74) is 3.87. The van der Waals surface area contributed by atoms with E-state index in [1.807, 2.05) is 56.3 Å². The number of hydrogen-bond donors (Lipinski definition) is 3. The highest BCUT2D eigenvalue weighted by Crippen LogP contribution is 2.32. The Balaban J connectivity index is 1.25. The first-order valence-corrected chi connectivity index (χ1v) is 14.6. The number of phenols is 1. The number of hydrogen-bond acceptors (Lipinski definition) is 7. The molecule has 0 radical (unpaired) electrons. The topological polar surface area (TPSA) is 117 Å². The van der Waals surface area contributed by atoms with Crippen LogP contribution in [0.1, 0.15) is 57.8 Å². The fourth-order valence-electron chi connectivity index (χ4n) is 5.42. The summed E-state index contributed by atoms with van der Waals surface area (Å²) in [6, 6.07) is 18.8.